The highest BCUT2D eigenvalue weighted by molar-refractivity contribution is 5.21. The minimum absolute atomic E-state index is 0.0384. The molecular weight excluding hydrogens is 512 g/mol. The Hall–Kier alpha value is -0.200. The predicted molar refractivity (Wildman–Crippen MR) is 160 cm³/mol. The van der Waals surface area contributed by atoms with E-state index in [1.807, 2.05) is 6.92 Å². The van der Waals surface area contributed by atoms with E-state index < -0.39 is 24.6 Å². The molecule has 0 spiro atoms. The third-order valence-electron chi connectivity index (χ3n) is 16.1. The molecule has 0 aromatic carbocycles. The van der Waals surface area contributed by atoms with Crippen LogP contribution in [0, 0.1) is 56.2 Å². The third-order valence-corrected chi connectivity index (χ3v) is 16.1. The molecule has 7 aliphatic rings. The fourth-order valence-corrected chi connectivity index (χ4v) is 13.5. The monoisotopic (exact) mass is 572 g/mol. The SMILES string of the molecule is C[C@@H]1O[C@@H](O[C@H]2CC[C@@]3(C)C(CC[C@]4(C)C3CCC3[C@H]5C6OCC5(CCC6(C)C)CC[C@]34C)C2(C)C)C[C@@H](O)[C@H]1O. The number of aliphatic hydroxyl groups excluding tert-OH is 2. The molecule has 234 valence electrons. The first-order valence-corrected chi connectivity index (χ1v) is 17.4. The molecule has 2 heterocycles. The van der Waals surface area contributed by atoms with E-state index in [2.05, 4.69) is 48.5 Å². The van der Waals surface area contributed by atoms with Crippen molar-refractivity contribution in [3.8, 4) is 0 Å². The highest BCUT2D eigenvalue weighted by Gasteiger charge is 2.72. The van der Waals surface area contributed by atoms with Crippen LogP contribution in [0.15, 0.2) is 0 Å². The lowest BCUT2D eigenvalue weighted by atomic mass is 9.31. The molecule has 0 amide bonds. The molecule has 0 radical (unpaired) electrons. The van der Waals surface area contributed by atoms with E-state index in [4.69, 9.17) is 14.2 Å². The Kier molecular flexibility index (Phi) is 6.61. The first-order chi connectivity index (χ1) is 19.1. The summed E-state index contributed by atoms with van der Waals surface area (Å²) in [6, 6.07) is 0. The molecule has 2 saturated heterocycles. The lowest BCUT2D eigenvalue weighted by molar-refractivity contribution is -0.298. The van der Waals surface area contributed by atoms with Gasteiger partial charge >= 0.3 is 0 Å². The van der Waals surface area contributed by atoms with Crippen LogP contribution in [0.1, 0.15) is 126 Å². The van der Waals surface area contributed by atoms with Crippen molar-refractivity contribution in [1.82, 2.24) is 0 Å². The second kappa shape index (κ2) is 9.18. The number of aliphatic hydroxyl groups is 2. The second-order valence-electron chi connectivity index (χ2n) is 18.3. The average molecular weight is 573 g/mol. The molecule has 5 saturated carbocycles. The summed E-state index contributed by atoms with van der Waals surface area (Å²) in [5.74, 6) is 2.92. The number of rotatable bonds is 2. The molecule has 5 heteroatoms. The Balaban J connectivity index is 1.14. The van der Waals surface area contributed by atoms with Crippen LogP contribution >= 0.6 is 0 Å². The topological polar surface area (TPSA) is 68.2 Å². The maximum atomic E-state index is 10.4. The van der Waals surface area contributed by atoms with Gasteiger partial charge in [0.15, 0.2) is 6.29 Å². The Morgan fingerprint density at radius 2 is 1.49 bits per heavy atom. The molecule has 14 atom stereocenters. The molecule has 5 unspecified atom stereocenters. The van der Waals surface area contributed by atoms with Crippen LogP contribution in [-0.2, 0) is 14.2 Å². The van der Waals surface area contributed by atoms with E-state index in [-0.39, 0.29) is 11.5 Å². The summed E-state index contributed by atoms with van der Waals surface area (Å²) in [6.45, 7) is 20.9. The fraction of sp³-hybridized carbons (Fsp3) is 1.00. The van der Waals surface area contributed by atoms with Crippen molar-refractivity contribution < 1.29 is 24.4 Å². The largest absolute Gasteiger partial charge is 0.390 e. The molecular formula is C36H60O5. The van der Waals surface area contributed by atoms with Gasteiger partial charge in [0.25, 0.3) is 0 Å². The highest BCUT2D eigenvalue weighted by atomic mass is 16.7. The first-order valence-electron chi connectivity index (χ1n) is 17.4. The maximum Gasteiger partial charge on any atom is 0.161 e. The Morgan fingerprint density at radius 1 is 0.756 bits per heavy atom. The smallest absolute Gasteiger partial charge is 0.161 e. The molecule has 0 aromatic heterocycles. The van der Waals surface area contributed by atoms with E-state index in [9.17, 15) is 10.2 Å². The molecule has 41 heavy (non-hydrogen) atoms. The molecule has 2 bridgehead atoms. The predicted octanol–water partition coefficient (Wildman–Crippen LogP) is 7.12. The van der Waals surface area contributed by atoms with Gasteiger partial charge in [-0.2, -0.15) is 0 Å². The number of ether oxygens (including phenoxy) is 3. The Bertz CT molecular complexity index is 1030. The van der Waals surface area contributed by atoms with Gasteiger partial charge in [-0.3, -0.25) is 0 Å². The van der Waals surface area contributed by atoms with Gasteiger partial charge in [0, 0.05) is 6.42 Å². The molecule has 0 aromatic rings. The van der Waals surface area contributed by atoms with Gasteiger partial charge in [-0.1, -0.05) is 48.5 Å². The molecule has 7 rings (SSSR count). The van der Waals surface area contributed by atoms with Crippen molar-refractivity contribution in [2.24, 2.45) is 56.2 Å². The maximum absolute atomic E-state index is 10.4. The quantitative estimate of drug-likeness (QED) is 0.345. The number of hydrogen-bond acceptors (Lipinski definition) is 5. The van der Waals surface area contributed by atoms with Gasteiger partial charge in [-0.05, 0) is 127 Å². The molecule has 7 fully saturated rings. The van der Waals surface area contributed by atoms with Crippen molar-refractivity contribution in [2.45, 2.75) is 163 Å². The Labute approximate surface area is 249 Å². The van der Waals surface area contributed by atoms with Crippen molar-refractivity contribution in [3.05, 3.63) is 0 Å². The summed E-state index contributed by atoms with van der Waals surface area (Å²) < 4.78 is 19.5. The zero-order chi connectivity index (χ0) is 29.4. The number of fused-ring (bicyclic) bond motifs is 5. The van der Waals surface area contributed by atoms with Crippen LogP contribution < -0.4 is 0 Å². The minimum atomic E-state index is -0.832. The summed E-state index contributed by atoms with van der Waals surface area (Å²) >= 11 is 0. The third kappa shape index (κ3) is 3.83. The zero-order valence-electron chi connectivity index (χ0n) is 27.4. The van der Waals surface area contributed by atoms with E-state index in [1.165, 1.54) is 57.8 Å². The molecule has 2 aliphatic heterocycles. The van der Waals surface area contributed by atoms with E-state index >= 15 is 0 Å². The summed E-state index contributed by atoms with van der Waals surface area (Å²) in [5, 5.41) is 20.6. The van der Waals surface area contributed by atoms with Crippen LogP contribution in [0.3, 0.4) is 0 Å². The molecule has 5 nitrogen and oxygen atoms in total. The van der Waals surface area contributed by atoms with Crippen LogP contribution in [0.2, 0.25) is 0 Å². The lowest BCUT2D eigenvalue weighted by Crippen LogP contribution is -2.68. The van der Waals surface area contributed by atoms with Gasteiger partial charge in [0.1, 0.15) is 6.10 Å². The van der Waals surface area contributed by atoms with Gasteiger partial charge in [-0.25, -0.2) is 0 Å². The van der Waals surface area contributed by atoms with Crippen molar-refractivity contribution in [2.75, 3.05) is 6.61 Å². The second-order valence-corrected chi connectivity index (χ2v) is 18.3. The summed E-state index contributed by atoms with van der Waals surface area (Å²) in [6.07, 6.45) is 11.6. The highest BCUT2D eigenvalue weighted by Crippen LogP contribution is 2.78. The van der Waals surface area contributed by atoms with Crippen molar-refractivity contribution >= 4 is 0 Å². The summed E-state index contributed by atoms with van der Waals surface area (Å²) in [5.41, 5.74) is 1.87. The van der Waals surface area contributed by atoms with Gasteiger partial charge in [-0.15, -0.1) is 0 Å². The van der Waals surface area contributed by atoms with Crippen LogP contribution in [-0.4, -0.2) is 53.6 Å². The van der Waals surface area contributed by atoms with E-state index in [0.29, 0.717) is 45.5 Å². The summed E-state index contributed by atoms with van der Waals surface area (Å²) in [7, 11) is 0. The van der Waals surface area contributed by atoms with Gasteiger partial charge < -0.3 is 24.4 Å². The van der Waals surface area contributed by atoms with Crippen molar-refractivity contribution in [1.29, 1.82) is 0 Å². The minimum Gasteiger partial charge on any atom is -0.390 e. The molecule has 2 N–H and O–H groups in total. The van der Waals surface area contributed by atoms with Crippen molar-refractivity contribution in [3.63, 3.8) is 0 Å². The number of hydrogen-bond donors (Lipinski definition) is 2. The normalized spacial score (nSPS) is 59.0. The zero-order valence-corrected chi connectivity index (χ0v) is 27.4. The lowest BCUT2D eigenvalue weighted by Gasteiger charge is -2.73. The van der Waals surface area contributed by atoms with E-state index in [0.717, 1.165) is 30.8 Å². The fourth-order valence-electron chi connectivity index (χ4n) is 13.5. The molecule has 5 aliphatic carbocycles. The van der Waals surface area contributed by atoms with Crippen LogP contribution in [0.4, 0.5) is 0 Å². The first kappa shape index (κ1) is 29.5. The standard InChI is InChI=1S/C36H60O5/c1-21-29(38)23(37)19-27(40-21)41-26-12-13-33(6)24(32(26,4)5)11-14-35(8)25(33)10-9-22-28-30-31(2,3)15-17-36(28,20-39-30)18-16-34(22,35)7/h21-30,37-38H,9-20H2,1-8H3/t21-,22?,23+,24?,25?,26-,27-,28-,29-,30?,33-,34+,35+,36?/m0/s1. The van der Waals surface area contributed by atoms with Crippen LogP contribution in [0.25, 0.3) is 0 Å². The summed E-state index contributed by atoms with van der Waals surface area (Å²) in [4.78, 5) is 0. The van der Waals surface area contributed by atoms with Gasteiger partial charge in [0.2, 0.25) is 0 Å². The van der Waals surface area contributed by atoms with Gasteiger partial charge in [0.05, 0.1) is 31.0 Å². The van der Waals surface area contributed by atoms with Crippen LogP contribution in [0.5, 0.6) is 0 Å². The Morgan fingerprint density at radius 3 is 2.22 bits per heavy atom. The average Bonchev–Trinajstić information content (AvgIpc) is 3.23. The van der Waals surface area contributed by atoms with E-state index in [1.54, 1.807) is 0 Å².